The Bertz CT molecular complexity index is 537. The van der Waals surface area contributed by atoms with E-state index in [2.05, 4.69) is 24.5 Å². The van der Waals surface area contributed by atoms with Crippen LogP contribution in [-0.4, -0.2) is 24.4 Å². The van der Waals surface area contributed by atoms with Gasteiger partial charge in [0.25, 0.3) is 0 Å². The molecule has 5 aliphatic carbocycles. The van der Waals surface area contributed by atoms with Gasteiger partial charge in [0.05, 0.1) is 0 Å². The normalized spacial score (nSPS) is 42.7. The Morgan fingerprint density at radius 2 is 1.59 bits per heavy atom. The maximum absolute atomic E-state index is 12.9. The van der Waals surface area contributed by atoms with Crippen LogP contribution in [0.1, 0.15) is 84.5 Å². The van der Waals surface area contributed by atoms with Gasteiger partial charge in [0.15, 0.2) is 0 Å². The second-order valence-corrected chi connectivity index (χ2v) is 10.5. The summed E-state index contributed by atoms with van der Waals surface area (Å²) in [5, 5.41) is 6.44. The minimum Gasteiger partial charge on any atom is -0.356 e. The first-order valence-electron chi connectivity index (χ1n) is 11.5. The topological polar surface area (TPSA) is 58.2 Å². The Morgan fingerprint density at radius 3 is 2.22 bits per heavy atom. The number of carbonyl (C=O) groups excluding carboxylic acids is 2. The van der Waals surface area contributed by atoms with E-state index in [1.807, 2.05) is 0 Å². The van der Waals surface area contributed by atoms with Gasteiger partial charge in [-0.2, -0.15) is 0 Å². The predicted molar refractivity (Wildman–Crippen MR) is 107 cm³/mol. The van der Waals surface area contributed by atoms with E-state index in [0.29, 0.717) is 30.8 Å². The zero-order valence-electron chi connectivity index (χ0n) is 17.3. The highest BCUT2D eigenvalue weighted by Gasteiger charge is 2.54. The smallest absolute Gasteiger partial charge is 0.226 e. The van der Waals surface area contributed by atoms with Gasteiger partial charge in [-0.25, -0.2) is 0 Å². The van der Waals surface area contributed by atoms with Crippen LogP contribution in [0.2, 0.25) is 0 Å². The summed E-state index contributed by atoms with van der Waals surface area (Å²) in [7, 11) is 0. The van der Waals surface area contributed by atoms with Gasteiger partial charge in [-0.05, 0) is 81.0 Å². The zero-order chi connectivity index (χ0) is 19.0. The molecule has 0 radical (unpaired) electrons. The van der Waals surface area contributed by atoms with Crippen LogP contribution in [0.4, 0.5) is 0 Å². The van der Waals surface area contributed by atoms with Crippen molar-refractivity contribution in [1.29, 1.82) is 0 Å². The lowest BCUT2D eigenvalue weighted by atomic mass is 9.49. The molecule has 3 atom stereocenters. The maximum atomic E-state index is 12.9. The van der Waals surface area contributed by atoms with Gasteiger partial charge < -0.3 is 10.6 Å². The van der Waals surface area contributed by atoms with E-state index in [-0.39, 0.29) is 17.2 Å². The molecule has 2 amide bonds. The van der Waals surface area contributed by atoms with Gasteiger partial charge in [0.1, 0.15) is 0 Å². The molecule has 4 bridgehead atoms. The fraction of sp³-hybridized carbons (Fsp3) is 0.913. The van der Waals surface area contributed by atoms with Crippen molar-refractivity contribution >= 4 is 11.8 Å². The second kappa shape index (κ2) is 7.75. The zero-order valence-corrected chi connectivity index (χ0v) is 17.3. The van der Waals surface area contributed by atoms with Crippen LogP contribution in [0.3, 0.4) is 0 Å². The molecule has 27 heavy (non-hydrogen) atoms. The molecule has 5 rings (SSSR count). The van der Waals surface area contributed by atoms with Gasteiger partial charge in [-0.3, -0.25) is 9.59 Å². The molecule has 2 N–H and O–H groups in total. The summed E-state index contributed by atoms with van der Waals surface area (Å²) in [6.45, 7) is 5.20. The van der Waals surface area contributed by atoms with E-state index in [4.69, 9.17) is 0 Å². The molecule has 152 valence electrons. The van der Waals surface area contributed by atoms with Crippen LogP contribution in [0.25, 0.3) is 0 Å². The molecule has 4 nitrogen and oxygen atoms in total. The first kappa shape index (κ1) is 19.3. The SMILES string of the molecule is C[C@@H]1[C@H](C)CCC[C@H]1NC(=O)CCCNC(=O)C12CC3CC(CC(C3)C1)C2. The van der Waals surface area contributed by atoms with Gasteiger partial charge in [-0.15, -0.1) is 0 Å². The lowest BCUT2D eigenvalue weighted by Crippen LogP contribution is -2.53. The first-order chi connectivity index (χ1) is 12.9. The quantitative estimate of drug-likeness (QED) is 0.689. The van der Waals surface area contributed by atoms with E-state index in [1.54, 1.807) is 0 Å². The van der Waals surface area contributed by atoms with Crippen molar-refractivity contribution < 1.29 is 9.59 Å². The minimum absolute atomic E-state index is 0.0648. The standard InChI is InChI=1S/C23H38N2O2/c1-15-5-3-6-20(16(15)2)25-21(26)7-4-8-24-22(27)23-12-17-9-18(13-23)11-19(10-17)14-23/h15-20H,3-14H2,1-2H3,(H,24,27)(H,25,26)/t15-,16-,17?,18?,19?,20-,23?/m1/s1. The third-order valence-corrected chi connectivity index (χ3v) is 8.44. The molecule has 0 aromatic rings. The largest absolute Gasteiger partial charge is 0.356 e. The fourth-order valence-electron chi connectivity index (χ4n) is 7.09. The monoisotopic (exact) mass is 374 g/mol. The Morgan fingerprint density at radius 1 is 0.963 bits per heavy atom. The third kappa shape index (κ3) is 4.05. The van der Waals surface area contributed by atoms with Crippen molar-refractivity contribution in [2.45, 2.75) is 90.5 Å². The van der Waals surface area contributed by atoms with Gasteiger partial charge in [0.2, 0.25) is 11.8 Å². The summed E-state index contributed by atoms with van der Waals surface area (Å²) < 4.78 is 0. The fourth-order valence-corrected chi connectivity index (χ4v) is 7.09. The van der Waals surface area contributed by atoms with Crippen LogP contribution >= 0.6 is 0 Å². The Kier molecular flexibility index (Phi) is 5.53. The van der Waals surface area contributed by atoms with Crippen LogP contribution in [-0.2, 0) is 9.59 Å². The number of hydrogen-bond acceptors (Lipinski definition) is 2. The number of rotatable bonds is 6. The highest BCUT2D eigenvalue weighted by atomic mass is 16.2. The van der Waals surface area contributed by atoms with E-state index < -0.39 is 0 Å². The molecule has 5 aliphatic rings. The van der Waals surface area contributed by atoms with Crippen molar-refractivity contribution in [2.75, 3.05) is 6.54 Å². The summed E-state index contributed by atoms with van der Waals surface area (Å²) >= 11 is 0. The molecule has 0 unspecified atom stereocenters. The summed E-state index contributed by atoms with van der Waals surface area (Å²) in [4.78, 5) is 25.2. The van der Waals surface area contributed by atoms with E-state index in [1.165, 1.54) is 32.1 Å². The molecule has 4 heteroatoms. The Balaban J connectivity index is 1.18. The molecule has 0 aromatic carbocycles. The molecular formula is C23H38N2O2. The maximum Gasteiger partial charge on any atom is 0.226 e. The molecule has 5 fully saturated rings. The van der Waals surface area contributed by atoms with E-state index in [9.17, 15) is 9.59 Å². The third-order valence-electron chi connectivity index (χ3n) is 8.44. The average Bonchev–Trinajstić information content (AvgIpc) is 2.61. The molecule has 0 saturated heterocycles. The van der Waals surface area contributed by atoms with Crippen molar-refractivity contribution in [2.24, 2.45) is 35.0 Å². The van der Waals surface area contributed by atoms with E-state index in [0.717, 1.165) is 49.9 Å². The van der Waals surface area contributed by atoms with Gasteiger partial charge >= 0.3 is 0 Å². The van der Waals surface area contributed by atoms with Crippen molar-refractivity contribution in [3.63, 3.8) is 0 Å². The predicted octanol–water partition coefficient (Wildman–Crippen LogP) is 4.04. The van der Waals surface area contributed by atoms with Crippen molar-refractivity contribution in [3.05, 3.63) is 0 Å². The van der Waals surface area contributed by atoms with Gasteiger partial charge in [-0.1, -0.05) is 26.7 Å². The second-order valence-electron chi connectivity index (χ2n) is 10.5. The average molecular weight is 375 g/mol. The summed E-state index contributed by atoms with van der Waals surface area (Å²) in [6.07, 6.45) is 12.3. The van der Waals surface area contributed by atoms with Crippen LogP contribution < -0.4 is 10.6 Å². The molecule has 0 heterocycles. The molecule has 5 saturated carbocycles. The first-order valence-corrected chi connectivity index (χ1v) is 11.5. The van der Waals surface area contributed by atoms with Gasteiger partial charge in [0, 0.05) is 24.4 Å². The van der Waals surface area contributed by atoms with Crippen molar-refractivity contribution in [1.82, 2.24) is 10.6 Å². The number of nitrogens with one attached hydrogen (secondary N) is 2. The molecular weight excluding hydrogens is 336 g/mol. The molecule has 0 aliphatic heterocycles. The highest BCUT2D eigenvalue weighted by Crippen LogP contribution is 2.60. The molecule has 0 aromatic heterocycles. The highest BCUT2D eigenvalue weighted by molar-refractivity contribution is 5.83. The van der Waals surface area contributed by atoms with Crippen LogP contribution in [0.15, 0.2) is 0 Å². The summed E-state index contributed by atoms with van der Waals surface area (Å²) in [5.41, 5.74) is -0.0648. The molecule has 0 spiro atoms. The summed E-state index contributed by atoms with van der Waals surface area (Å²) in [6, 6.07) is 0.336. The Labute approximate surface area is 164 Å². The number of hydrogen-bond donors (Lipinski definition) is 2. The number of carbonyl (C=O) groups is 2. The lowest BCUT2D eigenvalue weighted by Gasteiger charge is -2.55. The minimum atomic E-state index is -0.0648. The Hall–Kier alpha value is -1.06. The van der Waals surface area contributed by atoms with Crippen LogP contribution in [0, 0.1) is 35.0 Å². The van der Waals surface area contributed by atoms with Crippen molar-refractivity contribution in [3.8, 4) is 0 Å². The van der Waals surface area contributed by atoms with Crippen LogP contribution in [0.5, 0.6) is 0 Å². The van der Waals surface area contributed by atoms with E-state index >= 15 is 0 Å². The summed E-state index contributed by atoms with van der Waals surface area (Å²) in [5.74, 6) is 4.11. The number of amides is 2. The lowest BCUT2D eigenvalue weighted by molar-refractivity contribution is -0.146.